The summed E-state index contributed by atoms with van der Waals surface area (Å²) in [6.45, 7) is 1.90. The lowest BCUT2D eigenvalue weighted by molar-refractivity contribution is -0.153. The molecule has 42 heavy (non-hydrogen) atoms. The maximum atomic E-state index is 13.6. The molecule has 6 N–H and O–H groups in total. The zero-order chi connectivity index (χ0) is 30.8. The van der Waals surface area contributed by atoms with Gasteiger partial charge in [0.15, 0.2) is 0 Å². The van der Waals surface area contributed by atoms with Crippen LogP contribution in [0.2, 0.25) is 0 Å². The van der Waals surface area contributed by atoms with Crippen LogP contribution in [0.4, 0.5) is 4.79 Å². The molecule has 2 aliphatic heterocycles. The van der Waals surface area contributed by atoms with Crippen molar-refractivity contribution in [1.82, 2.24) is 20.4 Å². The summed E-state index contributed by atoms with van der Waals surface area (Å²) >= 11 is 0. The molecule has 17 heteroatoms. The molecule has 0 aromatic heterocycles. The number of fused-ring (bicyclic) bond motifs is 1. The van der Waals surface area contributed by atoms with Crippen LogP contribution in [-0.4, -0.2) is 92.1 Å². The minimum absolute atomic E-state index is 0.0335. The van der Waals surface area contributed by atoms with Crippen molar-refractivity contribution in [3.05, 3.63) is 64.7 Å². The van der Waals surface area contributed by atoms with Gasteiger partial charge in [0.25, 0.3) is 0 Å². The molecule has 1 saturated heterocycles. The van der Waals surface area contributed by atoms with E-state index in [-0.39, 0.29) is 48.5 Å². The first-order valence-corrected chi connectivity index (χ1v) is 14.6. The number of aromatic carboxylic acids is 1. The highest BCUT2D eigenvalue weighted by molar-refractivity contribution is 7.50. The number of carboxylic acids is 1. The lowest BCUT2D eigenvalue weighted by Crippen LogP contribution is -2.60. The van der Waals surface area contributed by atoms with Crippen molar-refractivity contribution in [2.24, 2.45) is 0 Å². The number of piperazine rings is 1. The Balaban J connectivity index is 1.61. The maximum absolute atomic E-state index is 13.6. The summed E-state index contributed by atoms with van der Waals surface area (Å²) < 4.78 is 17.0. The average Bonchev–Trinajstić information content (AvgIpc) is 2.92. The minimum atomic E-state index is -4.49. The van der Waals surface area contributed by atoms with Gasteiger partial charge in [-0.3, -0.25) is 23.8 Å². The van der Waals surface area contributed by atoms with Crippen LogP contribution in [0.1, 0.15) is 40.0 Å². The molecule has 0 radical (unpaired) electrons. The number of carboxylic acid groups (broad SMARTS) is 1. The van der Waals surface area contributed by atoms with Crippen LogP contribution < -0.4 is 15.3 Å². The third-order valence-electron chi connectivity index (χ3n) is 6.82. The third-order valence-corrected chi connectivity index (χ3v) is 7.59. The van der Waals surface area contributed by atoms with Crippen molar-refractivity contribution < 1.29 is 53.1 Å². The molecule has 0 bridgehead atoms. The van der Waals surface area contributed by atoms with Crippen LogP contribution in [-0.2, 0) is 31.5 Å². The van der Waals surface area contributed by atoms with Gasteiger partial charge in [-0.2, -0.15) is 0 Å². The molecule has 1 unspecified atom stereocenters. The molecule has 15 nitrogen and oxygen atoms in total. The molecule has 0 aliphatic carbocycles. The molecule has 0 saturated carbocycles. The highest BCUT2D eigenvalue weighted by atomic mass is 31.2. The van der Waals surface area contributed by atoms with Gasteiger partial charge in [0.2, 0.25) is 5.91 Å². The Labute approximate surface area is 239 Å². The predicted molar refractivity (Wildman–Crippen MR) is 145 cm³/mol. The number of nitrogens with one attached hydrogen (secondary N) is 2. The first-order valence-electron chi connectivity index (χ1n) is 12.8. The van der Waals surface area contributed by atoms with Gasteiger partial charge in [0, 0.05) is 19.6 Å². The van der Waals surface area contributed by atoms with Crippen molar-refractivity contribution in [3.63, 3.8) is 0 Å². The molecule has 2 aromatic rings. The third kappa shape index (κ3) is 6.79. The first kappa shape index (κ1) is 30.7. The van der Waals surface area contributed by atoms with Crippen molar-refractivity contribution >= 4 is 44.4 Å². The SMILES string of the molecule is CCN1CCN(C(=O)NC(C(=O)N[C@H]2Cc3cccc(C(=O)O)c3OB2O)c2cccc(CP(=O)(O)O)c2)C(=O)C1=O. The number of likely N-dealkylation sites (N-methyl/N-ethyl adjacent to an activating group) is 1. The number of hydrogen-bond acceptors (Lipinski definition) is 8. The smallest absolute Gasteiger partial charge is 0.534 e. The largest absolute Gasteiger partial charge is 0.547 e. The standard InChI is InChI=1S/C25H28BN4O11P/c1-2-29-9-10-30(23(33)22(29)32)25(36)28-19(15-6-3-5-14(11-15)13-42(38,39)40)21(31)27-18-12-16-7-4-8-17(24(34)35)20(16)41-26(18)37/h3-8,11,18-19,37H,2,9-10,12-13H2,1H3,(H,27,31)(H,28,36)(H,34,35)(H2,38,39,40)/t18-,19?/m0/s1. The first-order chi connectivity index (χ1) is 19.8. The van der Waals surface area contributed by atoms with Crippen LogP contribution in [0.3, 0.4) is 0 Å². The van der Waals surface area contributed by atoms with Gasteiger partial charge in [-0.25, -0.2) is 9.59 Å². The van der Waals surface area contributed by atoms with E-state index in [4.69, 9.17) is 4.65 Å². The fourth-order valence-corrected chi connectivity index (χ4v) is 5.44. The second-order valence-corrected chi connectivity index (χ2v) is 11.4. The van der Waals surface area contributed by atoms with Gasteiger partial charge in [0.05, 0.1) is 17.7 Å². The average molecular weight is 602 g/mol. The van der Waals surface area contributed by atoms with Gasteiger partial charge < -0.3 is 40.1 Å². The normalized spacial score (nSPS) is 17.7. The Bertz CT molecular complexity index is 1480. The number of rotatable bonds is 8. The summed E-state index contributed by atoms with van der Waals surface area (Å²) in [6.07, 6.45) is -0.679. The van der Waals surface area contributed by atoms with E-state index in [2.05, 4.69) is 10.6 Å². The number of carbonyl (C=O) groups excluding carboxylic acids is 4. The number of para-hydroxylation sites is 1. The molecule has 2 aliphatic rings. The number of benzene rings is 2. The van der Waals surface area contributed by atoms with Gasteiger partial charge in [-0.15, -0.1) is 0 Å². The van der Waals surface area contributed by atoms with Crippen molar-refractivity contribution in [2.45, 2.75) is 31.5 Å². The summed E-state index contributed by atoms with van der Waals surface area (Å²) in [5.74, 6) is -5.27. The highest BCUT2D eigenvalue weighted by Gasteiger charge is 2.41. The quantitative estimate of drug-likeness (QED) is 0.130. The number of urea groups is 1. The number of hydrogen-bond donors (Lipinski definition) is 6. The summed E-state index contributed by atoms with van der Waals surface area (Å²) in [5, 5.41) is 25.0. The van der Waals surface area contributed by atoms with E-state index in [0.717, 1.165) is 0 Å². The number of amides is 5. The lowest BCUT2D eigenvalue weighted by Gasteiger charge is -2.33. The van der Waals surface area contributed by atoms with Crippen LogP contribution >= 0.6 is 7.60 Å². The number of nitrogens with zero attached hydrogens (tertiary/aromatic N) is 2. The maximum Gasteiger partial charge on any atom is 0.547 e. The summed E-state index contributed by atoms with van der Waals surface area (Å²) in [5.41, 5.74) is 0.475. The van der Waals surface area contributed by atoms with Gasteiger partial charge in [0.1, 0.15) is 11.8 Å². The number of imide groups is 1. The van der Waals surface area contributed by atoms with Gasteiger partial charge in [-0.1, -0.05) is 36.4 Å². The molecular weight excluding hydrogens is 574 g/mol. The molecule has 0 spiro atoms. The fourth-order valence-electron chi connectivity index (χ4n) is 4.76. The van der Waals surface area contributed by atoms with Crippen LogP contribution in [0.15, 0.2) is 42.5 Å². The van der Waals surface area contributed by atoms with Crippen molar-refractivity contribution in [2.75, 3.05) is 19.6 Å². The predicted octanol–water partition coefficient (Wildman–Crippen LogP) is -0.356. The Morgan fingerprint density at radius 1 is 1.12 bits per heavy atom. The van der Waals surface area contributed by atoms with Crippen molar-refractivity contribution in [3.8, 4) is 5.75 Å². The summed E-state index contributed by atoms with van der Waals surface area (Å²) in [4.78, 5) is 83.9. The van der Waals surface area contributed by atoms with Crippen molar-refractivity contribution in [1.29, 1.82) is 0 Å². The van der Waals surface area contributed by atoms with Crippen LogP contribution in [0, 0.1) is 0 Å². The van der Waals surface area contributed by atoms with Gasteiger partial charge >= 0.3 is 38.5 Å². The molecule has 4 rings (SSSR count). The van der Waals surface area contributed by atoms with Crippen LogP contribution in [0.25, 0.3) is 0 Å². The zero-order valence-corrected chi connectivity index (χ0v) is 23.2. The van der Waals surface area contributed by atoms with Gasteiger partial charge in [-0.05, 0) is 36.1 Å². The molecule has 222 valence electrons. The molecular formula is C25H28BN4O11P. The Morgan fingerprint density at radius 3 is 2.50 bits per heavy atom. The second kappa shape index (κ2) is 12.3. The van der Waals surface area contributed by atoms with E-state index in [1.54, 1.807) is 13.0 Å². The molecule has 2 atom stereocenters. The second-order valence-electron chi connectivity index (χ2n) is 9.72. The van der Waals surface area contributed by atoms with E-state index >= 15 is 0 Å². The molecule has 5 amide bonds. The fraction of sp³-hybridized carbons (Fsp3) is 0.320. The van der Waals surface area contributed by atoms with E-state index in [1.165, 1.54) is 41.3 Å². The van der Waals surface area contributed by atoms with E-state index in [0.29, 0.717) is 10.5 Å². The topological polar surface area (TPSA) is 223 Å². The van der Waals surface area contributed by atoms with E-state index in [9.17, 15) is 48.5 Å². The molecule has 2 aromatic carbocycles. The molecule has 2 heterocycles. The Morgan fingerprint density at radius 2 is 1.83 bits per heavy atom. The Hall–Kier alpha value is -4.24. The monoisotopic (exact) mass is 602 g/mol. The Kier molecular flexibility index (Phi) is 9.02. The number of carbonyl (C=O) groups is 5. The zero-order valence-electron chi connectivity index (χ0n) is 22.3. The van der Waals surface area contributed by atoms with Crippen LogP contribution in [0.5, 0.6) is 5.75 Å². The lowest BCUT2D eigenvalue weighted by atomic mass is 9.72. The summed E-state index contributed by atoms with van der Waals surface area (Å²) in [6, 6.07) is 7.30. The minimum Gasteiger partial charge on any atom is -0.534 e. The van der Waals surface area contributed by atoms with E-state index in [1.807, 2.05) is 0 Å². The highest BCUT2D eigenvalue weighted by Crippen LogP contribution is 2.39. The summed E-state index contributed by atoms with van der Waals surface area (Å²) in [7, 11) is -6.15. The molecule has 1 fully saturated rings. The van der Waals surface area contributed by atoms with E-state index < -0.39 is 62.6 Å².